The first kappa shape index (κ1) is 16.3. The van der Waals surface area contributed by atoms with Crippen molar-refractivity contribution in [2.75, 3.05) is 7.05 Å². The van der Waals surface area contributed by atoms with Gasteiger partial charge < -0.3 is 5.32 Å². The summed E-state index contributed by atoms with van der Waals surface area (Å²) in [7, 11) is 2.06. The van der Waals surface area contributed by atoms with Crippen LogP contribution in [0.1, 0.15) is 66.7 Å². The van der Waals surface area contributed by atoms with Crippen molar-refractivity contribution >= 4 is 0 Å². The average molecular weight is 301 g/mol. The van der Waals surface area contributed by atoms with Gasteiger partial charge in [0.25, 0.3) is 0 Å². The summed E-state index contributed by atoms with van der Waals surface area (Å²) in [5.41, 5.74) is 5.24. The summed E-state index contributed by atoms with van der Waals surface area (Å²) in [5.74, 6) is 4.06. The van der Waals surface area contributed by atoms with Crippen LogP contribution in [0, 0.1) is 29.6 Å². The van der Waals surface area contributed by atoms with Gasteiger partial charge in [-0.3, -0.25) is 0 Å². The molecule has 6 atom stereocenters. The monoisotopic (exact) mass is 300 g/mol. The molecular weight excluding hydrogens is 266 g/mol. The van der Waals surface area contributed by atoms with E-state index in [1.54, 1.807) is 5.57 Å². The normalized spacial score (nSPS) is 44.5. The van der Waals surface area contributed by atoms with Gasteiger partial charge in [-0.15, -0.1) is 5.54 Å². The van der Waals surface area contributed by atoms with Gasteiger partial charge in [-0.1, -0.05) is 49.5 Å². The first-order chi connectivity index (χ1) is 10.4. The second kappa shape index (κ2) is 5.82. The molecule has 0 aromatic rings. The van der Waals surface area contributed by atoms with Crippen molar-refractivity contribution in [3.05, 3.63) is 28.1 Å². The molecule has 3 aliphatic carbocycles. The standard InChI is InChI=1S/C21H34N/c1-13(2)11-16-12-15(4)17-9-10-21(5,22-6)18-8-7-14(3)19(16)20(17)18/h11,15-18,20H,7-10,12H2,1-6H3/q-1/t15-,16-,17+,18-,20+,21-/m1/s1. The molecule has 22 heavy (non-hydrogen) atoms. The summed E-state index contributed by atoms with van der Waals surface area (Å²) in [6, 6.07) is 0. The second-order valence-electron chi connectivity index (χ2n) is 8.75. The van der Waals surface area contributed by atoms with Gasteiger partial charge in [-0.05, 0) is 69.6 Å². The minimum absolute atomic E-state index is 0.222. The molecule has 0 aromatic carbocycles. The third kappa shape index (κ3) is 2.50. The van der Waals surface area contributed by atoms with Crippen LogP contribution in [-0.4, -0.2) is 12.6 Å². The Balaban J connectivity index is 2.05. The zero-order chi connectivity index (χ0) is 16.1. The van der Waals surface area contributed by atoms with Crippen molar-refractivity contribution in [1.29, 1.82) is 0 Å². The van der Waals surface area contributed by atoms with Crippen LogP contribution in [-0.2, 0) is 0 Å². The molecule has 0 amide bonds. The van der Waals surface area contributed by atoms with Crippen molar-refractivity contribution in [3.8, 4) is 0 Å². The van der Waals surface area contributed by atoms with Gasteiger partial charge in [0.1, 0.15) is 0 Å². The highest BCUT2D eigenvalue weighted by Gasteiger charge is 2.50. The van der Waals surface area contributed by atoms with Gasteiger partial charge in [0.15, 0.2) is 0 Å². The maximum absolute atomic E-state index is 4.89. The molecule has 0 bridgehead atoms. The molecule has 1 nitrogen and oxygen atoms in total. The van der Waals surface area contributed by atoms with Crippen LogP contribution in [0.25, 0.3) is 5.32 Å². The van der Waals surface area contributed by atoms with E-state index in [0.717, 1.165) is 23.7 Å². The Morgan fingerprint density at radius 2 is 2.00 bits per heavy atom. The summed E-state index contributed by atoms with van der Waals surface area (Å²) in [5, 5.41) is 4.89. The van der Waals surface area contributed by atoms with Gasteiger partial charge >= 0.3 is 0 Å². The predicted molar refractivity (Wildman–Crippen MR) is 96.0 cm³/mol. The molecule has 2 saturated carbocycles. The van der Waals surface area contributed by atoms with Crippen LogP contribution in [0.2, 0.25) is 0 Å². The molecule has 0 radical (unpaired) electrons. The molecule has 2 fully saturated rings. The smallest absolute Gasteiger partial charge is 0.00126 e. The zero-order valence-electron chi connectivity index (χ0n) is 15.4. The first-order valence-corrected chi connectivity index (χ1v) is 9.33. The maximum atomic E-state index is 4.89. The van der Waals surface area contributed by atoms with Crippen LogP contribution >= 0.6 is 0 Å². The van der Waals surface area contributed by atoms with E-state index in [0.29, 0.717) is 5.92 Å². The van der Waals surface area contributed by atoms with Crippen LogP contribution in [0.4, 0.5) is 0 Å². The lowest BCUT2D eigenvalue weighted by Gasteiger charge is -2.62. The number of hydrogen-bond acceptors (Lipinski definition) is 0. The minimum Gasteiger partial charge on any atom is -0.659 e. The number of hydrogen-bond donors (Lipinski definition) is 0. The highest BCUT2D eigenvalue weighted by Crippen LogP contribution is 2.60. The second-order valence-corrected chi connectivity index (χ2v) is 8.75. The predicted octanol–water partition coefficient (Wildman–Crippen LogP) is 6.12. The van der Waals surface area contributed by atoms with Gasteiger partial charge in [-0.2, -0.15) is 7.05 Å². The van der Waals surface area contributed by atoms with Crippen LogP contribution in [0.5, 0.6) is 0 Å². The summed E-state index contributed by atoms with van der Waals surface area (Å²) in [6.07, 6.45) is 9.27. The Labute approximate surface area is 137 Å². The third-order valence-electron chi connectivity index (χ3n) is 7.16. The molecule has 0 N–H and O–H groups in total. The maximum Gasteiger partial charge on any atom is -0.00126 e. The summed E-state index contributed by atoms with van der Waals surface area (Å²) in [6.45, 7) is 11.9. The fourth-order valence-electron chi connectivity index (χ4n) is 5.99. The van der Waals surface area contributed by atoms with E-state index in [1.165, 1.54) is 37.7 Å². The van der Waals surface area contributed by atoms with Crippen molar-refractivity contribution in [1.82, 2.24) is 0 Å². The Morgan fingerprint density at radius 3 is 2.64 bits per heavy atom. The third-order valence-corrected chi connectivity index (χ3v) is 7.16. The highest BCUT2D eigenvalue weighted by molar-refractivity contribution is 5.33. The first-order valence-electron chi connectivity index (χ1n) is 9.33. The molecule has 0 heterocycles. The Bertz CT molecular complexity index is 496. The quantitative estimate of drug-likeness (QED) is 0.545. The van der Waals surface area contributed by atoms with E-state index in [1.807, 2.05) is 5.57 Å². The zero-order valence-corrected chi connectivity index (χ0v) is 15.4. The van der Waals surface area contributed by atoms with Gasteiger partial charge in [0.05, 0.1) is 0 Å². The Morgan fingerprint density at radius 1 is 1.27 bits per heavy atom. The fourth-order valence-corrected chi connectivity index (χ4v) is 5.99. The highest BCUT2D eigenvalue weighted by atomic mass is 15.0. The van der Waals surface area contributed by atoms with E-state index in [2.05, 4.69) is 47.7 Å². The molecule has 0 unspecified atom stereocenters. The summed E-state index contributed by atoms with van der Waals surface area (Å²) in [4.78, 5) is 0. The van der Waals surface area contributed by atoms with Crippen molar-refractivity contribution in [2.24, 2.45) is 29.6 Å². The average Bonchev–Trinajstić information content (AvgIpc) is 2.45. The lowest BCUT2D eigenvalue weighted by Crippen LogP contribution is -2.52. The van der Waals surface area contributed by atoms with Crippen LogP contribution < -0.4 is 0 Å². The number of rotatable bonds is 2. The SMILES string of the molecule is C[N-][C@]1(C)CC[C@@H]2[C@@H]3C(=C(C)CC[C@H]31)[C@H](C=C(C)C)C[C@H]2C. The number of nitrogens with zero attached hydrogens (tertiary/aromatic N) is 1. The molecule has 0 aliphatic heterocycles. The molecule has 1 heteroatoms. The summed E-state index contributed by atoms with van der Waals surface area (Å²) >= 11 is 0. The minimum atomic E-state index is 0.222. The van der Waals surface area contributed by atoms with Crippen LogP contribution in [0.15, 0.2) is 22.8 Å². The van der Waals surface area contributed by atoms with Gasteiger partial charge in [0, 0.05) is 0 Å². The van der Waals surface area contributed by atoms with Gasteiger partial charge in [-0.25, -0.2) is 0 Å². The molecule has 0 saturated heterocycles. The van der Waals surface area contributed by atoms with Crippen molar-refractivity contribution in [3.63, 3.8) is 0 Å². The largest absolute Gasteiger partial charge is 0.659 e. The van der Waals surface area contributed by atoms with Crippen molar-refractivity contribution < 1.29 is 0 Å². The Kier molecular flexibility index (Phi) is 4.31. The van der Waals surface area contributed by atoms with Gasteiger partial charge in [0.2, 0.25) is 0 Å². The lowest BCUT2D eigenvalue weighted by atomic mass is 9.49. The van der Waals surface area contributed by atoms with Crippen LogP contribution in [0.3, 0.4) is 0 Å². The molecule has 3 rings (SSSR count). The van der Waals surface area contributed by atoms with E-state index in [-0.39, 0.29) is 5.54 Å². The molecule has 0 spiro atoms. The molecule has 124 valence electrons. The van der Waals surface area contributed by atoms with E-state index >= 15 is 0 Å². The topological polar surface area (TPSA) is 14.1 Å². The van der Waals surface area contributed by atoms with Crippen molar-refractivity contribution in [2.45, 2.75) is 72.3 Å². The fraction of sp³-hybridized carbons (Fsp3) is 0.810. The Hall–Kier alpha value is -0.560. The molecule has 3 aliphatic rings. The molecular formula is C21H34N-. The van der Waals surface area contributed by atoms with E-state index in [4.69, 9.17) is 5.32 Å². The lowest BCUT2D eigenvalue weighted by molar-refractivity contribution is 0.0373. The van der Waals surface area contributed by atoms with E-state index < -0.39 is 0 Å². The summed E-state index contributed by atoms with van der Waals surface area (Å²) < 4.78 is 0. The van der Waals surface area contributed by atoms with E-state index in [9.17, 15) is 0 Å². The molecule has 0 aromatic heterocycles. The number of allylic oxidation sites excluding steroid dienone is 4.